The molecule has 1 fully saturated rings. The van der Waals surface area contributed by atoms with Gasteiger partial charge in [-0.15, -0.1) is 0 Å². The zero-order chi connectivity index (χ0) is 22.7. The van der Waals surface area contributed by atoms with Gasteiger partial charge in [0, 0.05) is 17.7 Å². The molecule has 3 rings (SSSR count). The largest absolute Gasteiger partial charge is 0.507 e. The fourth-order valence-corrected chi connectivity index (χ4v) is 4.84. The number of ether oxygens (including phenoxy) is 1. The molecule has 0 saturated heterocycles. The van der Waals surface area contributed by atoms with Crippen molar-refractivity contribution in [3.8, 4) is 11.5 Å². The second-order valence-electron chi connectivity index (χ2n) is 8.50. The minimum Gasteiger partial charge on any atom is -0.507 e. The Morgan fingerprint density at radius 1 is 1.23 bits per heavy atom. The number of phenolic OH excluding ortho intramolecular Hbond substituents is 1. The molecule has 7 nitrogen and oxygen atoms in total. The molecule has 0 heterocycles. The first-order chi connectivity index (χ1) is 14.8. The number of Topliss-reactive ketones (excluding diaryl/α,β-unsaturated/α-hetero) is 3. The Labute approximate surface area is 181 Å². The molecule has 0 aliphatic heterocycles. The third-order valence-electron chi connectivity index (χ3n) is 6.23. The summed E-state index contributed by atoms with van der Waals surface area (Å²) in [5.41, 5.74) is 0.947. The molecule has 1 aromatic carbocycles. The van der Waals surface area contributed by atoms with Crippen LogP contribution in [0.25, 0.3) is 5.76 Å². The second kappa shape index (κ2) is 9.64. The lowest BCUT2D eigenvalue weighted by molar-refractivity contribution is -0.137. The fourth-order valence-electron chi connectivity index (χ4n) is 4.84. The van der Waals surface area contributed by atoms with Crippen LogP contribution in [0.3, 0.4) is 0 Å². The van der Waals surface area contributed by atoms with Crippen LogP contribution in [-0.4, -0.2) is 45.9 Å². The molecule has 31 heavy (non-hydrogen) atoms. The van der Waals surface area contributed by atoms with Gasteiger partial charge in [0.2, 0.25) is 0 Å². The van der Waals surface area contributed by atoms with Crippen molar-refractivity contribution in [1.82, 2.24) is 0 Å². The highest BCUT2D eigenvalue weighted by Crippen LogP contribution is 2.49. The minimum absolute atomic E-state index is 0.129. The highest BCUT2D eigenvalue weighted by atomic mass is 16.5. The van der Waals surface area contributed by atoms with Crippen molar-refractivity contribution in [1.29, 1.82) is 0 Å². The van der Waals surface area contributed by atoms with Crippen LogP contribution in [0.2, 0.25) is 0 Å². The molecular weight excluding hydrogens is 400 g/mol. The summed E-state index contributed by atoms with van der Waals surface area (Å²) < 4.78 is 5.87. The van der Waals surface area contributed by atoms with Crippen molar-refractivity contribution in [2.24, 2.45) is 17.8 Å². The number of phenols is 1. The summed E-state index contributed by atoms with van der Waals surface area (Å²) in [5, 5.41) is 30.9. The number of rotatable bonds is 9. The summed E-state index contributed by atoms with van der Waals surface area (Å²) in [6, 6.07) is 3.09. The molecule has 1 saturated carbocycles. The fraction of sp³-hybridized carbons (Fsp3) is 0.542. The quantitative estimate of drug-likeness (QED) is 0.406. The summed E-state index contributed by atoms with van der Waals surface area (Å²) >= 11 is 0. The van der Waals surface area contributed by atoms with E-state index in [4.69, 9.17) is 4.74 Å². The normalized spacial score (nSPS) is 22.7. The standard InChI is InChI=1S/C24H30O7/c1-3-4-9-31-19-6-5-17(27)22-16(19)12-15-11-14(7-8-25)20(18(28)10-13(2)26)23(29)21(15)24(22)30/h5-6,14-15,20,25,27,30H,3-4,7-12H2,1-2H3. The zero-order valence-electron chi connectivity index (χ0n) is 18.0. The van der Waals surface area contributed by atoms with Crippen LogP contribution in [0.5, 0.6) is 11.5 Å². The first-order valence-electron chi connectivity index (χ1n) is 10.9. The van der Waals surface area contributed by atoms with E-state index in [9.17, 15) is 29.7 Å². The second-order valence-corrected chi connectivity index (χ2v) is 8.50. The summed E-state index contributed by atoms with van der Waals surface area (Å²) in [6.45, 7) is 3.67. The lowest BCUT2D eigenvalue weighted by Gasteiger charge is -2.39. The Bertz CT molecular complexity index is 915. The van der Waals surface area contributed by atoms with Gasteiger partial charge in [0.05, 0.1) is 24.5 Å². The maximum atomic E-state index is 13.4. The Morgan fingerprint density at radius 3 is 2.61 bits per heavy atom. The van der Waals surface area contributed by atoms with Crippen LogP contribution in [0.1, 0.15) is 57.1 Å². The average Bonchev–Trinajstić information content (AvgIpc) is 2.69. The highest BCUT2D eigenvalue weighted by Gasteiger charge is 2.47. The molecule has 0 spiro atoms. The first-order valence-corrected chi connectivity index (χ1v) is 10.9. The number of benzene rings is 1. The van der Waals surface area contributed by atoms with Gasteiger partial charge >= 0.3 is 0 Å². The molecular formula is C24H30O7. The highest BCUT2D eigenvalue weighted by molar-refractivity contribution is 6.17. The Hall–Kier alpha value is -2.67. The van der Waals surface area contributed by atoms with Gasteiger partial charge in [-0.05, 0) is 56.6 Å². The number of allylic oxidation sites excluding steroid dienone is 1. The Morgan fingerprint density at radius 2 is 1.97 bits per heavy atom. The number of carbonyl (C=O) groups is 3. The molecule has 168 valence electrons. The van der Waals surface area contributed by atoms with E-state index in [-0.39, 0.29) is 53.8 Å². The lowest BCUT2D eigenvalue weighted by Crippen LogP contribution is -2.43. The van der Waals surface area contributed by atoms with Gasteiger partial charge in [-0.3, -0.25) is 14.4 Å². The van der Waals surface area contributed by atoms with Crippen LogP contribution in [0.15, 0.2) is 17.7 Å². The first kappa shape index (κ1) is 23.0. The van der Waals surface area contributed by atoms with Crippen LogP contribution in [-0.2, 0) is 20.8 Å². The van der Waals surface area contributed by atoms with E-state index >= 15 is 0 Å². The van der Waals surface area contributed by atoms with E-state index in [0.29, 0.717) is 30.8 Å². The van der Waals surface area contributed by atoms with E-state index < -0.39 is 23.4 Å². The molecule has 1 aromatic rings. The van der Waals surface area contributed by atoms with Gasteiger partial charge in [-0.2, -0.15) is 0 Å². The van der Waals surface area contributed by atoms with E-state index in [0.717, 1.165) is 12.8 Å². The number of unbranched alkanes of at least 4 members (excludes halogenated alkanes) is 1. The van der Waals surface area contributed by atoms with Crippen LogP contribution in [0, 0.1) is 17.8 Å². The molecule has 7 heteroatoms. The monoisotopic (exact) mass is 430 g/mol. The van der Waals surface area contributed by atoms with E-state index in [1.807, 2.05) is 0 Å². The molecule has 2 aliphatic carbocycles. The lowest BCUT2D eigenvalue weighted by atomic mass is 9.63. The van der Waals surface area contributed by atoms with Crippen LogP contribution >= 0.6 is 0 Å². The number of carbonyl (C=O) groups excluding carboxylic acids is 3. The SMILES string of the molecule is CCCCOc1ccc(O)c2c1CC1CC(CCO)C(C(=O)CC(C)=O)C(=O)C1=C2O. The number of aromatic hydroxyl groups is 1. The van der Waals surface area contributed by atoms with E-state index in [1.54, 1.807) is 6.07 Å². The molecule has 3 atom stereocenters. The van der Waals surface area contributed by atoms with Gasteiger partial charge in [0.25, 0.3) is 0 Å². The number of ketones is 3. The van der Waals surface area contributed by atoms with Crippen molar-refractivity contribution in [2.75, 3.05) is 13.2 Å². The van der Waals surface area contributed by atoms with Crippen molar-refractivity contribution >= 4 is 23.1 Å². The maximum absolute atomic E-state index is 13.4. The Balaban J connectivity index is 2.05. The zero-order valence-corrected chi connectivity index (χ0v) is 18.0. The van der Waals surface area contributed by atoms with Crippen LogP contribution in [0.4, 0.5) is 0 Å². The predicted molar refractivity (Wildman–Crippen MR) is 114 cm³/mol. The topological polar surface area (TPSA) is 121 Å². The minimum atomic E-state index is -1.07. The molecule has 0 radical (unpaired) electrons. The summed E-state index contributed by atoms with van der Waals surface area (Å²) in [5.74, 6) is -3.08. The predicted octanol–water partition coefficient (Wildman–Crippen LogP) is 3.15. The third kappa shape index (κ3) is 4.51. The van der Waals surface area contributed by atoms with Crippen molar-refractivity contribution in [3.63, 3.8) is 0 Å². The summed E-state index contributed by atoms with van der Waals surface area (Å²) in [4.78, 5) is 37.5. The summed E-state index contributed by atoms with van der Waals surface area (Å²) in [7, 11) is 0. The van der Waals surface area contributed by atoms with Crippen molar-refractivity contribution in [2.45, 2.75) is 52.4 Å². The smallest absolute Gasteiger partial charge is 0.173 e. The molecule has 0 amide bonds. The van der Waals surface area contributed by atoms with Crippen molar-refractivity contribution < 1.29 is 34.4 Å². The van der Waals surface area contributed by atoms with Crippen molar-refractivity contribution in [3.05, 3.63) is 28.8 Å². The number of hydrogen-bond acceptors (Lipinski definition) is 7. The van der Waals surface area contributed by atoms with Gasteiger partial charge in [-0.25, -0.2) is 0 Å². The average molecular weight is 430 g/mol. The van der Waals surface area contributed by atoms with Gasteiger partial charge in [0.15, 0.2) is 11.6 Å². The Kier molecular flexibility index (Phi) is 7.15. The molecule has 2 aliphatic rings. The van der Waals surface area contributed by atoms with Gasteiger partial charge < -0.3 is 20.1 Å². The van der Waals surface area contributed by atoms with Crippen LogP contribution < -0.4 is 4.74 Å². The number of aliphatic hydroxyl groups excluding tert-OH is 2. The number of aliphatic hydroxyl groups is 2. The molecule has 3 unspecified atom stereocenters. The molecule has 3 N–H and O–H groups in total. The van der Waals surface area contributed by atoms with E-state index in [1.165, 1.54) is 13.0 Å². The maximum Gasteiger partial charge on any atom is 0.173 e. The molecule has 0 aromatic heterocycles. The number of hydrogen-bond donors (Lipinski definition) is 3. The third-order valence-corrected chi connectivity index (χ3v) is 6.23. The summed E-state index contributed by atoms with van der Waals surface area (Å²) in [6.07, 6.45) is 2.54. The van der Waals surface area contributed by atoms with Gasteiger partial charge in [0.1, 0.15) is 23.0 Å². The number of fused-ring (bicyclic) bond motifs is 2. The van der Waals surface area contributed by atoms with Gasteiger partial charge in [-0.1, -0.05) is 13.3 Å². The van der Waals surface area contributed by atoms with E-state index in [2.05, 4.69) is 6.92 Å². The molecule has 0 bridgehead atoms.